The minimum absolute atomic E-state index is 0.297. The van der Waals surface area contributed by atoms with Crippen LogP contribution in [0, 0.1) is 0 Å². The van der Waals surface area contributed by atoms with E-state index in [1.165, 1.54) is 0 Å². The van der Waals surface area contributed by atoms with Gasteiger partial charge in [0.25, 0.3) is 0 Å². The third kappa shape index (κ3) is 2.59. The molecule has 0 aromatic carbocycles. The van der Waals surface area contributed by atoms with Crippen LogP contribution in [0.4, 0.5) is 5.69 Å². The van der Waals surface area contributed by atoms with Gasteiger partial charge in [-0.3, -0.25) is 4.98 Å². The van der Waals surface area contributed by atoms with Gasteiger partial charge in [0, 0.05) is 25.4 Å². The fraction of sp³-hybridized carbons (Fsp3) is 0.545. The number of ether oxygens (including phenoxy) is 1. The van der Waals surface area contributed by atoms with Crippen molar-refractivity contribution < 1.29 is 4.74 Å². The van der Waals surface area contributed by atoms with Gasteiger partial charge in [0.05, 0.1) is 11.9 Å². The van der Waals surface area contributed by atoms with Crippen LogP contribution in [0.25, 0.3) is 0 Å². The smallest absolute Gasteiger partial charge is 0.145 e. The molecule has 2 rings (SSSR count). The molecule has 1 fully saturated rings. The Balaban J connectivity index is 1.95. The zero-order valence-corrected chi connectivity index (χ0v) is 9.02. The van der Waals surface area contributed by atoms with Gasteiger partial charge in [0.2, 0.25) is 0 Å². The highest BCUT2D eigenvalue weighted by Gasteiger charge is 2.18. The predicted molar refractivity (Wildman–Crippen MR) is 59.8 cm³/mol. The van der Waals surface area contributed by atoms with Crippen molar-refractivity contribution in [1.82, 2.24) is 9.88 Å². The normalized spacial score (nSPS) is 19.0. The van der Waals surface area contributed by atoms with E-state index in [0.29, 0.717) is 11.8 Å². The van der Waals surface area contributed by atoms with Crippen LogP contribution < -0.4 is 10.5 Å². The molecule has 0 radical (unpaired) electrons. The van der Waals surface area contributed by atoms with Gasteiger partial charge in [0.1, 0.15) is 11.9 Å². The van der Waals surface area contributed by atoms with Crippen molar-refractivity contribution in [3.8, 4) is 5.75 Å². The number of hydrogen-bond donors (Lipinski definition) is 1. The van der Waals surface area contributed by atoms with Crippen LogP contribution in [0.2, 0.25) is 0 Å². The number of aromatic nitrogens is 1. The second-order valence-corrected chi connectivity index (χ2v) is 4.03. The van der Waals surface area contributed by atoms with Gasteiger partial charge in [-0.25, -0.2) is 0 Å². The Bertz CT molecular complexity index is 321. The molecule has 0 amide bonds. The lowest BCUT2D eigenvalue weighted by Crippen LogP contribution is -2.35. The van der Waals surface area contributed by atoms with Crippen LogP contribution in [0.15, 0.2) is 18.5 Å². The summed E-state index contributed by atoms with van der Waals surface area (Å²) in [5.41, 5.74) is 6.39. The molecule has 0 atom stereocenters. The lowest BCUT2D eigenvalue weighted by atomic mass is 10.1. The van der Waals surface area contributed by atoms with Gasteiger partial charge in [-0.05, 0) is 19.9 Å². The van der Waals surface area contributed by atoms with Crippen molar-refractivity contribution in [2.24, 2.45) is 0 Å². The van der Waals surface area contributed by atoms with Gasteiger partial charge in [0.15, 0.2) is 0 Å². The molecule has 1 aromatic heterocycles. The first-order valence-electron chi connectivity index (χ1n) is 5.30. The van der Waals surface area contributed by atoms with E-state index in [1.807, 2.05) is 6.07 Å². The van der Waals surface area contributed by atoms with Crippen LogP contribution in [0.3, 0.4) is 0 Å². The third-order valence-electron chi connectivity index (χ3n) is 2.77. The molecule has 0 unspecified atom stereocenters. The summed E-state index contributed by atoms with van der Waals surface area (Å²) in [6.07, 6.45) is 5.77. The topological polar surface area (TPSA) is 51.4 Å². The average molecular weight is 207 g/mol. The average Bonchev–Trinajstić information content (AvgIpc) is 2.25. The Kier molecular flexibility index (Phi) is 3.06. The highest BCUT2D eigenvalue weighted by molar-refractivity contribution is 5.49. The van der Waals surface area contributed by atoms with Crippen LogP contribution in [0.5, 0.6) is 5.75 Å². The third-order valence-corrected chi connectivity index (χ3v) is 2.77. The largest absolute Gasteiger partial charge is 0.488 e. The lowest BCUT2D eigenvalue weighted by molar-refractivity contribution is 0.115. The quantitative estimate of drug-likeness (QED) is 0.790. The first-order valence-corrected chi connectivity index (χ1v) is 5.30. The van der Waals surface area contributed by atoms with Gasteiger partial charge in [-0.1, -0.05) is 0 Å². The van der Waals surface area contributed by atoms with Gasteiger partial charge < -0.3 is 15.4 Å². The van der Waals surface area contributed by atoms with E-state index in [-0.39, 0.29) is 0 Å². The molecule has 0 bridgehead atoms. The monoisotopic (exact) mass is 207 g/mol. The SMILES string of the molecule is CN1CCC(Oc2ccncc2N)CC1. The molecular formula is C11H17N3O. The molecule has 4 nitrogen and oxygen atoms in total. The van der Waals surface area contributed by atoms with Crippen LogP contribution in [0.1, 0.15) is 12.8 Å². The van der Waals surface area contributed by atoms with E-state index in [9.17, 15) is 0 Å². The minimum Gasteiger partial charge on any atom is -0.488 e. The first-order chi connectivity index (χ1) is 7.25. The number of pyridine rings is 1. The number of piperidine rings is 1. The summed E-state index contributed by atoms with van der Waals surface area (Å²) < 4.78 is 5.84. The summed E-state index contributed by atoms with van der Waals surface area (Å²) in [6.45, 7) is 2.19. The summed E-state index contributed by atoms with van der Waals surface area (Å²) >= 11 is 0. The standard InChI is InChI=1S/C11H17N3O/c1-14-6-3-9(4-7-14)15-11-2-5-13-8-10(11)12/h2,5,8-9H,3-4,6-7,12H2,1H3. The fourth-order valence-electron chi connectivity index (χ4n) is 1.78. The van der Waals surface area contributed by atoms with Crippen LogP contribution >= 0.6 is 0 Å². The second-order valence-electron chi connectivity index (χ2n) is 4.03. The number of anilines is 1. The number of hydrogen-bond acceptors (Lipinski definition) is 4. The number of nitrogen functional groups attached to an aromatic ring is 1. The summed E-state index contributed by atoms with van der Waals surface area (Å²) in [5, 5.41) is 0. The van der Waals surface area contributed by atoms with E-state index >= 15 is 0 Å². The lowest BCUT2D eigenvalue weighted by Gasteiger charge is -2.29. The molecule has 4 heteroatoms. The molecule has 15 heavy (non-hydrogen) atoms. The van der Waals surface area contributed by atoms with Crippen molar-refractivity contribution in [1.29, 1.82) is 0 Å². The number of likely N-dealkylation sites (tertiary alicyclic amines) is 1. The van der Waals surface area contributed by atoms with Crippen molar-refractivity contribution in [2.75, 3.05) is 25.9 Å². The molecule has 0 spiro atoms. The minimum atomic E-state index is 0.297. The number of nitrogens with two attached hydrogens (primary N) is 1. The molecule has 1 saturated heterocycles. The number of rotatable bonds is 2. The zero-order valence-electron chi connectivity index (χ0n) is 9.02. The highest BCUT2D eigenvalue weighted by atomic mass is 16.5. The molecule has 1 aromatic rings. The Labute approximate surface area is 90.0 Å². The molecule has 82 valence electrons. The van der Waals surface area contributed by atoms with Gasteiger partial charge in [-0.2, -0.15) is 0 Å². The Hall–Kier alpha value is -1.29. The summed E-state index contributed by atoms with van der Waals surface area (Å²) in [5.74, 6) is 0.763. The fourth-order valence-corrected chi connectivity index (χ4v) is 1.78. The number of nitrogens with zero attached hydrogens (tertiary/aromatic N) is 2. The van der Waals surface area contributed by atoms with E-state index in [1.54, 1.807) is 12.4 Å². The van der Waals surface area contributed by atoms with Crippen molar-refractivity contribution in [3.05, 3.63) is 18.5 Å². The van der Waals surface area contributed by atoms with E-state index in [4.69, 9.17) is 10.5 Å². The zero-order chi connectivity index (χ0) is 10.7. The second kappa shape index (κ2) is 4.49. The van der Waals surface area contributed by atoms with Gasteiger partial charge >= 0.3 is 0 Å². The molecule has 1 aliphatic heterocycles. The predicted octanol–water partition coefficient (Wildman–Crippen LogP) is 1.14. The molecule has 0 saturated carbocycles. The van der Waals surface area contributed by atoms with Crippen molar-refractivity contribution in [3.63, 3.8) is 0 Å². The van der Waals surface area contributed by atoms with Gasteiger partial charge in [-0.15, -0.1) is 0 Å². The first kappa shape index (κ1) is 10.2. The maximum absolute atomic E-state index is 5.84. The van der Waals surface area contributed by atoms with E-state index < -0.39 is 0 Å². The molecule has 0 aliphatic carbocycles. The Morgan fingerprint density at radius 2 is 2.20 bits per heavy atom. The summed E-state index contributed by atoms with van der Waals surface area (Å²) in [6, 6.07) is 1.83. The van der Waals surface area contributed by atoms with E-state index in [0.717, 1.165) is 31.7 Å². The van der Waals surface area contributed by atoms with Crippen molar-refractivity contribution >= 4 is 5.69 Å². The molecular weight excluding hydrogens is 190 g/mol. The summed E-state index contributed by atoms with van der Waals surface area (Å²) in [7, 11) is 2.14. The molecule has 2 heterocycles. The van der Waals surface area contributed by atoms with Crippen LogP contribution in [-0.4, -0.2) is 36.1 Å². The van der Waals surface area contributed by atoms with Crippen LogP contribution in [-0.2, 0) is 0 Å². The molecule has 1 aliphatic rings. The van der Waals surface area contributed by atoms with Crippen molar-refractivity contribution in [2.45, 2.75) is 18.9 Å². The summed E-state index contributed by atoms with van der Waals surface area (Å²) in [4.78, 5) is 6.25. The highest BCUT2D eigenvalue weighted by Crippen LogP contribution is 2.23. The molecule has 2 N–H and O–H groups in total. The maximum Gasteiger partial charge on any atom is 0.145 e. The Morgan fingerprint density at radius 1 is 1.47 bits per heavy atom. The van der Waals surface area contributed by atoms with E-state index in [2.05, 4.69) is 16.9 Å². The Morgan fingerprint density at radius 3 is 2.87 bits per heavy atom. The maximum atomic E-state index is 5.84.